The molecule has 72 valence electrons. The molecule has 0 radical (unpaired) electrons. The molecule has 1 fully saturated rings. The van der Waals surface area contributed by atoms with Crippen molar-refractivity contribution in [2.75, 3.05) is 0 Å². The van der Waals surface area contributed by atoms with Crippen molar-refractivity contribution < 1.29 is 0 Å². The van der Waals surface area contributed by atoms with Gasteiger partial charge in [0.1, 0.15) is 0 Å². The van der Waals surface area contributed by atoms with E-state index >= 15 is 0 Å². The summed E-state index contributed by atoms with van der Waals surface area (Å²) in [6.07, 6.45) is 1.38. The zero-order valence-electron chi connectivity index (χ0n) is 8.76. The van der Waals surface area contributed by atoms with Crippen LogP contribution in [0.15, 0.2) is 0 Å². The molecule has 0 saturated carbocycles. The van der Waals surface area contributed by atoms with Gasteiger partial charge in [0.15, 0.2) is 0 Å². The van der Waals surface area contributed by atoms with Crippen molar-refractivity contribution in [3.05, 3.63) is 0 Å². The first-order chi connectivity index (χ1) is 5.39. The van der Waals surface area contributed by atoms with Crippen LogP contribution in [0.25, 0.3) is 0 Å². The summed E-state index contributed by atoms with van der Waals surface area (Å²) in [6.45, 7) is 11.8. The molecule has 0 aromatic carbocycles. The smallest absolute Gasteiger partial charge is 0.0556 e. The van der Waals surface area contributed by atoms with Crippen LogP contribution in [0.5, 0.6) is 0 Å². The highest BCUT2D eigenvalue weighted by Crippen LogP contribution is 2.48. The molecule has 1 aliphatic rings. The minimum atomic E-state index is 0.457. The summed E-state index contributed by atoms with van der Waals surface area (Å²) in [5, 5.41) is 1.70. The second kappa shape index (κ2) is 3.83. The van der Waals surface area contributed by atoms with Crippen molar-refractivity contribution in [1.82, 2.24) is 0 Å². The standard InChI is InChI=1S/C10H20S2/c1-7-6-8(2)12-9(11-7)10(3,4)5/h7-9H,6H2,1-5H3/t7-,8+,9?. The molecule has 0 bridgehead atoms. The fourth-order valence-corrected chi connectivity index (χ4v) is 5.42. The van der Waals surface area contributed by atoms with Crippen LogP contribution >= 0.6 is 23.5 Å². The van der Waals surface area contributed by atoms with Gasteiger partial charge in [0.25, 0.3) is 0 Å². The Morgan fingerprint density at radius 2 is 1.42 bits per heavy atom. The van der Waals surface area contributed by atoms with Crippen molar-refractivity contribution in [2.45, 2.75) is 56.1 Å². The van der Waals surface area contributed by atoms with Crippen molar-refractivity contribution >= 4 is 23.5 Å². The SMILES string of the molecule is C[C@@H]1C[C@H](C)SC(C(C)(C)C)S1. The van der Waals surface area contributed by atoms with Crippen LogP contribution in [-0.2, 0) is 0 Å². The van der Waals surface area contributed by atoms with Crippen LogP contribution in [0.4, 0.5) is 0 Å². The predicted octanol–water partition coefficient (Wildman–Crippen LogP) is 4.01. The third-order valence-corrected chi connectivity index (χ3v) is 5.97. The molecule has 1 saturated heterocycles. The van der Waals surface area contributed by atoms with E-state index < -0.39 is 0 Å². The maximum absolute atomic E-state index is 2.36. The van der Waals surface area contributed by atoms with Crippen LogP contribution in [0.3, 0.4) is 0 Å². The van der Waals surface area contributed by atoms with E-state index in [2.05, 4.69) is 58.1 Å². The molecule has 3 atom stereocenters. The van der Waals surface area contributed by atoms with Crippen molar-refractivity contribution in [3.8, 4) is 0 Å². The molecule has 12 heavy (non-hydrogen) atoms. The molecule has 0 N–H and O–H groups in total. The number of rotatable bonds is 0. The average molecular weight is 204 g/mol. The van der Waals surface area contributed by atoms with Crippen LogP contribution in [0.2, 0.25) is 0 Å². The quantitative estimate of drug-likeness (QED) is 0.585. The lowest BCUT2D eigenvalue weighted by Crippen LogP contribution is -2.29. The fraction of sp³-hybridized carbons (Fsp3) is 1.00. The number of hydrogen-bond donors (Lipinski definition) is 0. The van der Waals surface area contributed by atoms with Gasteiger partial charge in [-0.1, -0.05) is 34.6 Å². The van der Waals surface area contributed by atoms with E-state index in [0.717, 1.165) is 15.1 Å². The molecule has 0 spiro atoms. The fourth-order valence-electron chi connectivity index (χ4n) is 1.44. The molecule has 0 aliphatic carbocycles. The first-order valence-electron chi connectivity index (χ1n) is 4.70. The minimum absolute atomic E-state index is 0.457. The lowest BCUT2D eigenvalue weighted by Gasteiger charge is -2.38. The van der Waals surface area contributed by atoms with Gasteiger partial charge in [-0.2, -0.15) is 0 Å². The van der Waals surface area contributed by atoms with E-state index in [-0.39, 0.29) is 0 Å². The molecule has 1 heterocycles. The monoisotopic (exact) mass is 204 g/mol. The lowest BCUT2D eigenvalue weighted by atomic mass is 10.00. The highest BCUT2D eigenvalue weighted by molar-refractivity contribution is 8.18. The van der Waals surface area contributed by atoms with E-state index in [1.54, 1.807) is 0 Å². The largest absolute Gasteiger partial charge is 0.144 e. The summed E-state index contributed by atoms with van der Waals surface area (Å²) in [7, 11) is 0. The third-order valence-electron chi connectivity index (χ3n) is 2.08. The molecular formula is C10H20S2. The normalized spacial score (nSPS) is 38.2. The number of thioether (sulfide) groups is 2. The lowest BCUT2D eigenvalue weighted by molar-refractivity contribution is 0.455. The summed E-state index contributed by atoms with van der Waals surface area (Å²) in [6, 6.07) is 0. The maximum atomic E-state index is 2.36. The topological polar surface area (TPSA) is 0 Å². The van der Waals surface area contributed by atoms with E-state index in [0.29, 0.717) is 5.41 Å². The molecule has 0 nitrogen and oxygen atoms in total. The van der Waals surface area contributed by atoms with Crippen molar-refractivity contribution in [3.63, 3.8) is 0 Å². The average Bonchev–Trinajstić information content (AvgIpc) is 1.82. The van der Waals surface area contributed by atoms with Gasteiger partial charge in [0.05, 0.1) is 4.58 Å². The first kappa shape index (κ1) is 10.8. The first-order valence-corrected chi connectivity index (χ1v) is 6.59. The third kappa shape index (κ3) is 2.88. The van der Waals surface area contributed by atoms with Crippen molar-refractivity contribution in [1.29, 1.82) is 0 Å². The Labute approximate surface area is 85.3 Å². The van der Waals surface area contributed by atoms with Gasteiger partial charge in [-0.15, -0.1) is 23.5 Å². The highest BCUT2D eigenvalue weighted by atomic mass is 32.2. The van der Waals surface area contributed by atoms with E-state index in [1.165, 1.54) is 6.42 Å². The summed E-state index contributed by atoms with van der Waals surface area (Å²) < 4.78 is 0.788. The molecule has 1 unspecified atom stereocenters. The van der Waals surface area contributed by atoms with Gasteiger partial charge in [-0.3, -0.25) is 0 Å². The highest BCUT2D eigenvalue weighted by Gasteiger charge is 2.33. The van der Waals surface area contributed by atoms with Gasteiger partial charge >= 0.3 is 0 Å². The Morgan fingerprint density at radius 1 is 1.00 bits per heavy atom. The second-order valence-corrected chi connectivity index (χ2v) is 8.22. The molecule has 1 rings (SSSR count). The Hall–Kier alpha value is 0.700. The van der Waals surface area contributed by atoms with Crippen LogP contribution in [0.1, 0.15) is 41.0 Å². The van der Waals surface area contributed by atoms with Gasteiger partial charge in [-0.25, -0.2) is 0 Å². The van der Waals surface area contributed by atoms with Crippen LogP contribution < -0.4 is 0 Å². The minimum Gasteiger partial charge on any atom is -0.144 e. The molecule has 1 aliphatic heterocycles. The molecular weight excluding hydrogens is 184 g/mol. The summed E-state index contributed by atoms with van der Waals surface area (Å²) >= 11 is 4.32. The van der Waals surface area contributed by atoms with Gasteiger partial charge in [0.2, 0.25) is 0 Å². The summed E-state index contributed by atoms with van der Waals surface area (Å²) in [4.78, 5) is 0. The molecule has 0 amide bonds. The molecule has 2 heteroatoms. The Morgan fingerprint density at radius 3 is 1.75 bits per heavy atom. The predicted molar refractivity (Wildman–Crippen MR) is 62.0 cm³/mol. The van der Waals surface area contributed by atoms with E-state index in [9.17, 15) is 0 Å². The van der Waals surface area contributed by atoms with Crippen LogP contribution in [0, 0.1) is 5.41 Å². The van der Waals surface area contributed by atoms with Gasteiger partial charge in [0, 0.05) is 10.5 Å². The maximum Gasteiger partial charge on any atom is 0.0556 e. The Balaban J connectivity index is 2.55. The zero-order chi connectivity index (χ0) is 9.35. The van der Waals surface area contributed by atoms with E-state index in [4.69, 9.17) is 0 Å². The van der Waals surface area contributed by atoms with E-state index in [1.807, 2.05) is 0 Å². The van der Waals surface area contributed by atoms with Gasteiger partial charge in [-0.05, 0) is 11.8 Å². The Kier molecular flexibility index (Phi) is 3.44. The van der Waals surface area contributed by atoms with Crippen LogP contribution in [-0.4, -0.2) is 15.1 Å². The summed E-state index contributed by atoms with van der Waals surface area (Å²) in [5.74, 6) is 0. The zero-order valence-corrected chi connectivity index (χ0v) is 10.4. The summed E-state index contributed by atoms with van der Waals surface area (Å²) in [5.41, 5.74) is 0.457. The van der Waals surface area contributed by atoms with Crippen molar-refractivity contribution in [2.24, 2.45) is 5.41 Å². The van der Waals surface area contributed by atoms with Gasteiger partial charge < -0.3 is 0 Å². The molecule has 0 aromatic heterocycles. The second-order valence-electron chi connectivity index (χ2n) is 4.83. The number of hydrogen-bond acceptors (Lipinski definition) is 2. The Bertz CT molecular complexity index is 138. The molecule has 0 aromatic rings.